The molecule has 0 aliphatic carbocycles. The molecule has 84 valence electrons. The normalized spacial score (nSPS) is 10.6. The van der Waals surface area contributed by atoms with Gasteiger partial charge >= 0.3 is 5.69 Å². The van der Waals surface area contributed by atoms with Gasteiger partial charge in [0.2, 0.25) is 0 Å². The molecule has 16 heavy (non-hydrogen) atoms. The Morgan fingerprint density at radius 3 is 2.81 bits per heavy atom. The zero-order chi connectivity index (χ0) is 11.4. The van der Waals surface area contributed by atoms with Crippen LogP contribution < -0.4 is 11.4 Å². The van der Waals surface area contributed by atoms with Crippen LogP contribution in [0.15, 0.2) is 41.5 Å². The topological polar surface area (TPSA) is 63.8 Å². The highest BCUT2D eigenvalue weighted by atomic mass is 16.1. The summed E-state index contributed by atoms with van der Waals surface area (Å²) in [7, 11) is 0. The van der Waals surface area contributed by atoms with Crippen LogP contribution in [0, 0.1) is 0 Å². The summed E-state index contributed by atoms with van der Waals surface area (Å²) in [6.07, 6.45) is 5.20. The van der Waals surface area contributed by atoms with Crippen molar-refractivity contribution in [3.63, 3.8) is 0 Å². The summed E-state index contributed by atoms with van der Waals surface area (Å²) in [5.74, 6) is 0. The Kier molecular flexibility index (Phi) is 3.22. The van der Waals surface area contributed by atoms with Gasteiger partial charge in [0.05, 0.1) is 5.69 Å². The van der Waals surface area contributed by atoms with E-state index in [1.54, 1.807) is 17.0 Å². The predicted octanol–water partition coefficient (Wildman–Crippen LogP) is 1.06. The average Bonchev–Trinajstić information content (AvgIpc) is 2.73. The van der Waals surface area contributed by atoms with Gasteiger partial charge < -0.3 is 10.7 Å². The zero-order valence-corrected chi connectivity index (χ0v) is 9.02. The van der Waals surface area contributed by atoms with Crippen molar-refractivity contribution in [1.82, 2.24) is 9.55 Å². The smallest absolute Gasteiger partial charge is 0.330 e. The Morgan fingerprint density at radius 2 is 2.12 bits per heavy atom. The van der Waals surface area contributed by atoms with Crippen molar-refractivity contribution < 1.29 is 0 Å². The number of nitrogens with zero attached hydrogens (tertiary/aromatic N) is 1. The fraction of sp³-hybridized carbons (Fsp3) is 0.250. The molecular formula is C12H15N3O. The highest BCUT2D eigenvalue weighted by Gasteiger charge is 2.05. The number of aromatic amines is 1. The van der Waals surface area contributed by atoms with Gasteiger partial charge in [-0.25, -0.2) is 4.79 Å². The first-order valence-electron chi connectivity index (χ1n) is 5.37. The lowest BCUT2D eigenvalue weighted by atomic mass is 10.1. The van der Waals surface area contributed by atoms with Crippen LogP contribution in [0.3, 0.4) is 0 Å². The zero-order valence-electron chi connectivity index (χ0n) is 9.02. The van der Waals surface area contributed by atoms with Gasteiger partial charge in [-0.2, -0.15) is 0 Å². The highest BCUT2D eigenvalue weighted by molar-refractivity contribution is 5.40. The van der Waals surface area contributed by atoms with Crippen LogP contribution in [-0.2, 0) is 6.42 Å². The lowest BCUT2D eigenvalue weighted by Crippen LogP contribution is -2.15. The minimum Gasteiger partial charge on any atom is -0.330 e. The van der Waals surface area contributed by atoms with E-state index in [2.05, 4.69) is 4.98 Å². The molecule has 0 bridgehead atoms. The van der Waals surface area contributed by atoms with E-state index in [9.17, 15) is 4.79 Å². The fourth-order valence-electron chi connectivity index (χ4n) is 1.76. The summed E-state index contributed by atoms with van der Waals surface area (Å²) in [5.41, 5.74) is 7.47. The predicted molar refractivity (Wildman–Crippen MR) is 63.8 cm³/mol. The second-order valence-electron chi connectivity index (χ2n) is 3.66. The molecule has 0 amide bonds. The molecule has 0 spiro atoms. The van der Waals surface area contributed by atoms with Gasteiger partial charge in [0.1, 0.15) is 0 Å². The van der Waals surface area contributed by atoms with Crippen LogP contribution in [0.1, 0.15) is 12.0 Å². The SMILES string of the molecule is NCCCc1ccccc1-n1cc[nH]c1=O. The molecule has 3 N–H and O–H groups in total. The summed E-state index contributed by atoms with van der Waals surface area (Å²) in [6, 6.07) is 7.89. The van der Waals surface area contributed by atoms with Crippen molar-refractivity contribution >= 4 is 0 Å². The van der Waals surface area contributed by atoms with E-state index >= 15 is 0 Å². The molecular weight excluding hydrogens is 202 g/mol. The minimum atomic E-state index is -0.111. The Balaban J connectivity index is 2.40. The first-order chi connectivity index (χ1) is 7.83. The number of hydrogen-bond acceptors (Lipinski definition) is 2. The van der Waals surface area contributed by atoms with Gasteiger partial charge in [-0.1, -0.05) is 18.2 Å². The number of nitrogens with two attached hydrogens (primary N) is 1. The maximum atomic E-state index is 11.5. The van der Waals surface area contributed by atoms with Gasteiger partial charge in [0, 0.05) is 12.4 Å². The van der Waals surface area contributed by atoms with Crippen LogP contribution in [0.4, 0.5) is 0 Å². The maximum absolute atomic E-state index is 11.5. The molecule has 0 radical (unpaired) electrons. The van der Waals surface area contributed by atoms with E-state index in [-0.39, 0.29) is 5.69 Å². The summed E-state index contributed by atoms with van der Waals surface area (Å²) in [5, 5.41) is 0. The number of hydrogen-bond donors (Lipinski definition) is 2. The number of nitrogens with one attached hydrogen (secondary N) is 1. The third-order valence-electron chi connectivity index (χ3n) is 2.55. The van der Waals surface area contributed by atoms with Crippen molar-refractivity contribution in [2.24, 2.45) is 5.73 Å². The van der Waals surface area contributed by atoms with Gasteiger partial charge in [0.15, 0.2) is 0 Å². The standard InChI is InChI=1S/C12H15N3O/c13-7-3-5-10-4-1-2-6-11(10)15-9-8-14-12(15)16/h1-2,4,6,8-9H,3,5,7,13H2,(H,14,16). The molecule has 2 aromatic rings. The average molecular weight is 217 g/mol. The minimum absolute atomic E-state index is 0.111. The molecule has 0 fully saturated rings. The van der Waals surface area contributed by atoms with Crippen molar-refractivity contribution in [3.05, 3.63) is 52.7 Å². The van der Waals surface area contributed by atoms with E-state index in [4.69, 9.17) is 5.73 Å². The number of aryl methyl sites for hydroxylation is 1. The van der Waals surface area contributed by atoms with E-state index < -0.39 is 0 Å². The third kappa shape index (κ3) is 2.06. The molecule has 0 aliphatic rings. The molecule has 4 nitrogen and oxygen atoms in total. The molecule has 0 atom stereocenters. The number of rotatable bonds is 4. The second-order valence-corrected chi connectivity index (χ2v) is 3.66. The number of benzene rings is 1. The third-order valence-corrected chi connectivity index (χ3v) is 2.55. The van der Waals surface area contributed by atoms with Crippen LogP contribution in [0.2, 0.25) is 0 Å². The molecule has 1 aromatic carbocycles. The molecule has 2 rings (SSSR count). The molecule has 4 heteroatoms. The first-order valence-corrected chi connectivity index (χ1v) is 5.37. The Bertz CT molecular complexity index is 513. The molecule has 0 aliphatic heterocycles. The second kappa shape index (κ2) is 4.81. The van der Waals surface area contributed by atoms with Crippen molar-refractivity contribution in [2.45, 2.75) is 12.8 Å². The summed E-state index contributed by atoms with van der Waals surface area (Å²) in [4.78, 5) is 14.2. The number of H-pyrrole nitrogens is 1. The summed E-state index contributed by atoms with van der Waals surface area (Å²) in [6.45, 7) is 0.663. The van der Waals surface area contributed by atoms with Gasteiger partial charge in [0.25, 0.3) is 0 Å². The van der Waals surface area contributed by atoms with Gasteiger partial charge in [-0.3, -0.25) is 4.57 Å². The lowest BCUT2D eigenvalue weighted by Gasteiger charge is -2.08. The summed E-state index contributed by atoms with van der Waals surface area (Å²) >= 11 is 0. The number of aromatic nitrogens is 2. The Morgan fingerprint density at radius 1 is 1.31 bits per heavy atom. The Hall–Kier alpha value is -1.81. The molecule has 1 heterocycles. The van der Waals surface area contributed by atoms with E-state index in [0.717, 1.165) is 24.1 Å². The fourth-order valence-corrected chi connectivity index (χ4v) is 1.76. The maximum Gasteiger partial charge on any atom is 0.330 e. The number of para-hydroxylation sites is 1. The number of imidazole rings is 1. The molecule has 0 saturated carbocycles. The van der Waals surface area contributed by atoms with Gasteiger partial charge in [-0.05, 0) is 31.0 Å². The first kappa shape index (κ1) is 10.7. The van der Waals surface area contributed by atoms with E-state index in [1.807, 2.05) is 24.3 Å². The van der Waals surface area contributed by atoms with Crippen molar-refractivity contribution in [1.29, 1.82) is 0 Å². The monoisotopic (exact) mass is 217 g/mol. The van der Waals surface area contributed by atoms with Crippen LogP contribution in [0.5, 0.6) is 0 Å². The molecule has 1 aromatic heterocycles. The largest absolute Gasteiger partial charge is 0.330 e. The van der Waals surface area contributed by atoms with Crippen molar-refractivity contribution in [3.8, 4) is 5.69 Å². The van der Waals surface area contributed by atoms with Crippen LogP contribution >= 0.6 is 0 Å². The Labute approximate surface area is 93.7 Å². The van der Waals surface area contributed by atoms with Gasteiger partial charge in [-0.15, -0.1) is 0 Å². The summed E-state index contributed by atoms with van der Waals surface area (Å²) < 4.78 is 1.62. The van der Waals surface area contributed by atoms with Crippen LogP contribution in [0.25, 0.3) is 5.69 Å². The molecule has 0 unspecified atom stereocenters. The van der Waals surface area contributed by atoms with E-state index in [0.29, 0.717) is 6.54 Å². The van der Waals surface area contributed by atoms with E-state index in [1.165, 1.54) is 0 Å². The van der Waals surface area contributed by atoms with Crippen LogP contribution in [-0.4, -0.2) is 16.1 Å². The highest BCUT2D eigenvalue weighted by Crippen LogP contribution is 2.13. The van der Waals surface area contributed by atoms with Crippen molar-refractivity contribution in [2.75, 3.05) is 6.54 Å². The molecule has 0 saturated heterocycles. The lowest BCUT2D eigenvalue weighted by molar-refractivity contribution is 0.820. The quantitative estimate of drug-likeness (QED) is 0.804.